The Bertz CT molecular complexity index is 1410. The molecule has 10 nitrogen and oxygen atoms in total. The number of carbonyl (C=O) groups is 4. The number of carbonyl (C=O) groups excluding carboxylic acids is 4. The van der Waals surface area contributed by atoms with Crippen molar-refractivity contribution in [1.82, 2.24) is 0 Å². The maximum atomic E-state index is 11.6. The molecular weight excluding hydrogens is 944 g/mol. The third kappa shape index (κ3) is 12.8. The van der Waals surface area contributed by atoms with Gasteiger partial charge in [0.05, 0.1) is 25.3 Å². The molecule has 2 aromatic heterocycles. The second-order valence-electron chi connectivity index (χ2n) is 7.12. The van der Waals surface area contributed by atoms with Crippen molar-refractivity contribution in [2.75, 3.05) is 14.2 Å². The quantitative estimate of drug-likeness (QED) is 0.128. The van der Waals surface area contributed by atoms with Crippen molar-refractivity contribution in [2.24, 2.45) is 0 Å². The van der Waals surface area contributed by atoms with Crippen molar-refractivity contribution in [3.05, 3.63) is 100 Å². The van der Waals surface area contributed by atoms with Crippen LogP contribution < -0.4 is 18.7 Å². The molecule has 0 fully saturated rings. The predicted octanol–water partition coefficient (Wildman–Crippen LogP) is 2.33. The second kappa shape index (κ2) is 20.8. The van der Waals surface area contributed by atoms with Crippen LogP contribution in [0.2, 0.25) is 0 Å². The van der Waals surface area contributed by atoms with E-state index >= 15 is 0 Å². The summed E-state index contributed by atoms with van der Waals surface area (Å²) in [6, 6.07) is 19.5. The van der Waals surface area contributed by atoms with Crippen molar-refractivity contribution in [1.29, 1.82) is 0 Å². The van der Waals surface area contributed by atoms with Gasteiger partial charge in [0.25, 0.3) is 0 Å². The number of rotatable bonds is 6. The predicted molar refractivity (Wildman–Crippen MR) is 168 cm³/mol. The van der Waals surface area contributed by atoms with E-state index in [1.54, 1.807) is 60.7 Å². The number of esters is 2. The topological polar surface area (TPSA) is 153 Å². The number of furan rings is 2. The number of ether oxygens (including phenoxy) is 2. The van der Waals surface area contributed by atoms with Gasteiger partial charge in [-0.1, -0.05) is 36.4 Å². The van der Waals surface area contributed by atoms with Crippen LogP contribution in [-0.4, -0.2) is 55.9 Å². The van der Waals surface area contributed by atoms with Gasteiger partial charge in [0, 0.05) is 5.56 Å². The van der Waals surface area contributed by atoms with Gasteiger partial charge in [-0.2, -0.15) is 0 Å². The van der Waals surface area contributed by atoms with E-state index in [0.29, 0.717) is 53.1 Å². The molecule has 2 N–H and O–H groups in total. The molecule has 4 aromatic rings. The van der Waals surface area contributed by atoms with E-state index in [2.05, 4.69) is 62.6 Å². The Balaban J connectivity index is 0.000000309. The molecule has 0 bridgehead atoms. The van der Waals surface area contributed by atoms with Gasteiger partial charge in [0.2, 0.25) is 0 Å². The summed E-state index contributed by atoms with van der Waals surface area (Å²) < 4.78 is 19.8. The molecule has 0 aliphatic rings. The molecule has 41 heavy (non-hydrogen) atoms. The van der Waals surface area contributed by atoms with Crippen LogP contribution in [0.4, 0.5) is 0 Å². The third-order valence-electron chi connectivity index (χ3n) is 4.70. The fourth-order valence-corrected chi connectivity index (χ4v) is 3.28. The van der Waals surface area contributed by atoms with Crippen LogP contribution in [0.15, 0.2) is 86.3 Å². The first-order valence-electron chi connectivity index (χ1n) is 11.0. The van der Waals surface area contributed by atoms with Crippen LogP contribution >= 0.6 is 53.2 Å². The Morgan fingerprint density at radius 1 is 0.805 bits per heavy atom. The minimum Gasteiger partial charge on any atom is -0.447 e. The first-order chi connectivity index (χ1) is 19.7. The van der Waals surface area contributed by atoms with Crippen LogP contribution in [0.5, 0.6) is 0 Å². The van der Waals surface area contributed by atoms with Crippen LogP contribution in [-0.2, 0) is 9.47 Å². The van der Waals surface area contributed by atoms with E-state index in [4.69, 9.17) is 18.9 Å². The molecule has 0 unspecified atom stereocenters. The molecular formula is C26H22BBrI3O10-. The molecule has 2 heterocycles. The smallest absolute Gasteiger partial charge is 0.185 e. The van der Waals surface area contributed by atoms with E-state index in [9.17, 15) is 19.2 Å². The average Bonchev–Trinajstić information content (AvgIpc) is 3.66. The van der Waals surface area contributed by atoms with E-state index in [1.807, 2.05) is 0 Å². The molecule has 0 saturated carbocycles. The van der Waals surface area contributed by atoms with Gasteiger partial charge in [0.15, 0.2) is 28.8 Å². The molecule has 0 aliphatic heterocycles. The van der Waals surface area contributed by atoms with Gasteiger partial charge in [-0.05, 0) is 57.8 Å². The summed E-state index contributed by atoms with van der Waals surface area (Å²) in [7, 11) is 0.899. The summed E-state index contributed by atoms with van der Waals surface area (Å²) >= 11 is 8.35. The van der Waals surface area contributed by atoms with Crippen LogP contribution in [0.1, 0.15) is 41.8 Å². The number of aldehydes is 2. The van der Waals surface area contributed by atoms with E-state index in [1.165, 1.54) is 26.4 Å². The third-order valence-corrected chi connectivity index (χ3v) is 5.12. The van der Waals surface area contributed by atoms with Gasteiger partial charge < -0.3 is 28.4 Å². The largest absolute Gasteiger partial charge is 0.447 e. The number of halogens is 4. The van der Waals surface area contributed by atoms with Crippen LogP contribution in [0.3, 0.4) is 0 Å². The summed E-state index contributed by atoms with van der Waals surface area (Å²) in [6.45, 7) is 0. The van der Waals surface area contributed by atoms with E-state index in [-0.39, 0.29) is 16.8 Å². The average molecular weight is 966 g/mol. The summed E-state index contributed by atoms with van der Waals surface area (Å²) in [4.78, 5) is 43.1. The fraction of sp³-hybridized carbons (Fsp3) is 0.0769. The van der Waals surface area contributed by atoms with Gasteiger partial charge in [0.1, 0.15) is 5.76 Å². The molecule has 0 amide bonds. The number of hydrogen-bond donors (Lipinski definition) is 2. The molecule has 2 aromatic carbocycles. The molecule has 15 heteroatoms. The maximum absolute atomic E-state index is 11.6. The minimum absolute atomic E-state index is 0.148. The van der Waals surface area contributed by atoms with Gasteiger partial charge in [-0.25, -0.2) is 9.59 Å². The number of benzene rings is 2. The zero-order valence-corrected chi connectivity index (χ0v) is 29.4. The Morgan fingerprint density at radius 2 is 1.29 bits per heavy atom. The van der Waals surface area contributed by atoms with Crippen molar-refractivity contribution in [3.8, 4) is 11.3 Å². The van der Waals surface area contributed by atoms with Crippen LogP contribution in [0, 0.1) is 0 Å². The zero-order chi connectivity index (χ0) is 30.8. The van der Waals surface area contributed by atoms with Crippen molar-refractivity contribution in [3.63, 3.8) is 0 Å². The fourth-order valence-electron chi connectivity index (χ4n) is 2.96. The second-order valence-corrected chi connectivity index (χ2v) is 24.2. The Morgan fingerprint density at radius 3 is 1.76 bits per heavy atom. The summed E-state index contributed by atoms with van der Waals surface area (Å²) in [5.41, 5.74) is 1.32. The van der Waals surface area contributed by atoms with Gasteiger partial charge >= 0.3 is 69.5 Å². The van der Waals surface area contributed by atoms with Crippen molar-refractivity contribution in [2.45, 2.75) is 0 Å². The Hall–Kier alpha value is -2.07. The normalized spacial score (nSPS) is 9.44. The number of methoxy groups -OCH3 is 2. The minimum atomic E-state index is -1.66. The van der Waals surface area contributed by atoms with E-state index in [0.717, 1.165) is 0 Å². The molecule has 218 valence electrons. The standard InChI is InChI=1S/C13H10O4.C8H9BO4.C5H3BrO2.I3/c1-16-13(15)11-5-3-2-4-10(11)12-7-6-9(8-14)17-12;1-13-8(10)6-4-2-3-5-7(6)9(11)12;6-5-2-1-4(3-7)8-5;1-3-2/h2-8H,1H3;2-5,11-12H,1H3;1-3H;/q;;;-1. The van der Waals surface area contributed by atoms with Crippen molar-refractivity contribution >= 4 is 90.3 Å². The molecule has 0 spiro atoms. The molecule has 0 atom stereocenters. The zero-order valence-electron chi connectivity index (χ0n) is 21.3. The molecule has 0 aliphatic carbocycles. The van der Waals surface area contributed by atoms with Crippen molar-refractivity contribution < 1.29 is 60.8 Å². The van der Waals surface area contributed by atoms with Crippen LogP contribution in [0.25, 0.3) is 11.3 Å². The van der Waals surface area contributed by atoms with Gasteiger partial charge in [-0.3, -0.25) is 9.59 Å². The first-order valence-corrected chi connectivity index (χ1v) is 24.4. The maximum Gasteiger partial charge on any atom is 0.185 e. The summed E-state index contributed by atoms with van der Waals surface area (Å²) in [5, 5.41) is 17.8. The number of hydrogen-bond acceptors (Lipinski definition) is 10. The summed E-state index contributed by atoms with van der Waals surface area (Å²) in [5.74, 6) is 0.0120. The van der Waals surface area contributed by atoms with Gasteiger partial charge in [-0.15, -0.1) is 0 Å². The molecule has 0 radical (unpaired) electrons. The first kappa shape index (κ1) is 37.0. The monoisotopic (exact) mass is 965 g/mol. The summed E-state index contributed by atoms with van der Waals surface area (Å²) in [6.07, 6.45) is 1.27. The Labute approximate surface area is 274 Å². The van der Waals surface area contributed by atoms with E-state index < -0.39 is 19.1 Å². The molecule has 4 rings (SSSR count). The SMILES string of the molecule is COC(=O)c1ccccc1-c1ccc(C=O)o1.COC(=O)c1ccccc1B(O)O.I[I-]I.O=Cc1ccc(Br)o1. The Kier molecular flexibility index (Phi) is 18.7. The molecule has 0 saturated heterocycles.